The summed E-state index contributed by atoms with van der Waals surface area (Å²) in [6.07, 6.45) is 3.71. The molecule has 2 amide bonds. The lowest BCUT2D eigenvalue weighted by molar-refractivity contribution is 0.129. The standard InChI is InChI=1S/C11H17N3O2S/c15-8-9-2-1-4-14(7-9)11(16)13-6-10-12-3-5-17-10/h3,5,9,15H,1-2,4,6-8H2,(H,13,16). The second kappa shape index (κ2) is 5.97. The van der Waals surface area contributed by atoms with Gasteiger partial charge in [-0.2, -0.15) is 0 Å². The number of hydrogen-bond donors (Lipinski definition) is 2. The Balaban J connectivity index is 1.79. The number of urea groups is 1. The number of amides is 2. The fraction of sp³-hybridized carbons (Fsp3) is 0.636. The first-order valence-electron chi connectivity index (χ1n) is 5.81. The number of carbonyl (C=O) groups is 1. The summed E-state index contributed by atoms with van der Waals surface area (Å²) in [7, 11) is 0. The fourth-order valence-electron chi connectivity index (χ4n) is 2.00. The first-order chi connectivity index (χ1) is 8.29. The van der Waals surface area contributed by atoms with E-state index in [-0.39, 0.29) is 18.6 Å². The average molecular weight is 255 g/mol. The molecule has 1 unspecified atom stereocenters. The highest BCUT2D eigenvalue weighted by molar-refractivity contribution is 7.09. The molecule has 1 aliphatic rings. The highest BCUT2D eigenvalue weighted by Gasteiger charge is 2.22. The Morgan fingerprint density at radius 2 is 2.59 bits per heavy atom. The zero-order chi connectivity index (χ0) is 12.1. The number of rotatable bonds is 3. The Morgan fingerprint density at radius 1 is 1.71 bits per heavy atom. The largest absolute Gasteiger partial charge is 0.396 e. The number of carbonyl (C=O) groups excluding carboxylic acids is 1. The third kappa shape index (κ3) is 3.41. The molecule has 6 heteroatoms. The van der Waals surface area contributed by atoms with Crippen LogP contribution in [-0.4, -0.2) is 40.7 Å². The van der Waals surface area contributed by atoms with Crippen LogP contribution in [0.1, 0.15) is 17.8 Å². The molecule has 5 nitrogen and oxygen atoms in total. The summed E-state index contributed by atoms with van der Waals surface area (Å²) in [4.78, 5) is 17.8. The molecule has 2 rings (SSSR count). The van der Waals surface area contributed by atoms with Crippen molar-refractivity contribution >= 4 is 17.4 Å². The molecule has 0 aliphatic carbocycles. The zero-order valence-corrected chi connectivity index (χ0v) is 10.4. The predicted molar refractivity (Wildman–Crippen MR) is 65.7 cm³/mol. The molecule has 0 bridgehead atoms. The van der Waals surface area contributed by atoms with Crippen molar-refractivity contribution in [2.45, 2.75) is 19.4 Å². The third-order valence-corrected chi connectivity index (χ3v) is 3.72. The second-order valence-corrected chi connectivity index (χ2v) is 5.20. The van der Waals surface area contributed by atoms with Crippen molar-refractivity contribution < 1.29 is 9.90 Å². The summed E-state index contributed by atoms with van der Waals surface area (Å²) in [5.74, 6) is 0.231. The summed E-state index contributed by atoms with van der Waals surface area (Å²) in [6, 6.07) is -0.0571. The maximum absolute atomic E-state index is 11.9. The number of likely N-dealkylation sites (tertiary alicyclic amines) is 1. The van der Waals surface area contributed by atoms with E-state index in [1.165, 1.54) is 11.3 Å². The van der Waals surface area contributed by atoms with E-state index in [0.29, 0.717) is 13.1 Å². The van der Waals surface area contributed by atoms with Gasteiger partial charge in [0.05, 0.1) is 6.54 Å². The minimum Gasteiger partial charge on any atom is -0.396 e. The number of piperidine rings is 1. The van der Waals surface area contributed by atoms with Crippen molar-refractivity contribution in [3.05, 3.63) is 16.6 Å². The molecule has 0 saturated carbocycles. The van der Waals surface area contributed by atoms with Gasteiger partial charge in [0.2, 0.25) is 0 Å². The van der Waals surface area contributed by atoms with E-state index >= 15 is 0 Å². The molecule has 0 radical (unpaired) electrons. The van der Waals surface area contributed by atoms with Crippen LogP contribution >= 0.6 is 11.3 Å². The highest BCUT2D eigenvalue weighted by atomic mass is 32.1. The normalized spacial score (nSPS) is 20.3. The van der Waals surface area contributed by atoms with E-state index in [2.05, 4.69) is 10.3 Å². The number of hydrogen-bond acceptors (Lipinski definition) is 4. The van der Waals surface area contributed by atoms with Crippen molar-refractivity contribution in [3.63, 3.8) is 0 Å². The van der Waals surface area contributed by atoms with E-state index in [1.54, 1.807) is 11.1 Å². The van der Waals surface area contributed by atoms with Crippen LogP contribution < -0.4 is 5.32 Å². The van der Waals surface area contributed by atoms with Crippen LogP contribution in [0.4, 0.5) is 4.79 Å². The summed E-state index contributed by atoms with van der Waals surface area (Å²) in [5.41, 5.74) is 0. The van der Waals surface area contributed by atoms with Gasteiger partial charge in [-0.05, 0) is 18.8 Å². The van der Waals surface area contributed by atoms with Crippen LogP contribution in [0.2, 0.25) is 0 Å². The Labute approximate surface area is 104 Å². The molecule has 0 aromatic carbocycles. The molecule has 1 aromatic rings. The number of aliphatic hydroxyl groups excluding tert-OH is 1. The fourth-order valence-corrected chi connectivity index (χ4v) is 2.56. The van der Waals surface area contributed by atoms with Crippen LogP contribution in [0.3, 0.4) is 0 Å². The molecule has 1 aliphatic heterocycles. The second-order valence-electron chi connectivity index (χ2n) is 4.22. The Bertz CT molecular complexity index is 356. The first-order valence-corrected chi connectivity index (χ1v) is 6.69. The van der Waals surface area contributed by atoms with Crippen molar-refractivity contribution in [2.24, 2.45) is 5.92 Å². The molecule has 1 saturated heterocycles. The van der Waals surface area contributed by atoms with Gasteiger partial charge in [0.25, 0.3) is 0 Å². The Morgan fingerprint density at radius 3 is 3.29 bits per heavy atom. The van der Waals surface area contributed by atoms with Gasteiger partial charge in [-0.15, -0.1) is 11.3 Å². The van der Waals surface area contributed by atoms with E-state index in [0.717, 1.165) is 24.4 Å². The lowest BCUT2D eigenvalue weighted by atomic mass is 9.99. The van der Waals surface area contributed by atoms with E-state index in [9.17, 15) is 4.79 Å². The van der Waals surface area contributed by atoms with Crippen LogP contribution in [0.15, 0.2) is 11.6 Å². The van der Waals surface area contributed by atoms with Gasteiger partial charge in [0.1, 0.15) is 5.01 Å². The number of nitrogens with zero attached hydrogens (tertiary/aromatic N) is 2. The summed E-state index contributed by atoms with van der Waals surface area (Å²) in [6.45, 7) is 2.08. The molecule has 1 atom stereocenters. The number of nitrogens with one attached hydrogen (secondary N) is 1. The number of aliphatic hydroxyl groups is 1. The first kappa shape index (κ1) is 12.3. The van der Waals surface area contributed by atoms with Crippen LogP contribution in [-0.2, 0) is 6.54 Å². The quantitative estimate of drug-likeness (QED) is 0.848. The minimum absolute atomic E-state index is 0.0571. The van der Waals surface area contributed by atoms with Gasteiger partial charge in [-0.25, -0.2) is 9.78 Å². The molecular weight excluding hydrogens is 238 g/mol. The van der Waals surface area contributed by atoms with Gasteiger partial charge in [-0.3, -0.25) is 0 Å². The van der Waals surface area contributed by atoms with Gasteiger partial charge in [-0.1, -0.05) is 0 Å². The molecule has 94 valence electrons. The summed E-state index contributed by atoms with van der Waals surface area (Å²) >= 11 is 1.53. The molecule has 2 heterocycles. The molecular formula is C11H17N3O2S. The molecule has 1 aromatic heterocycles. The van der Waals surface area contributed by atoms with Crippen molar-refractivity contribution in [2.75, 3.05) is 19.7 Å². The molecule has 2 N–H and O–H groups in total. The summed E-state index contributed by atoms with van der Waals surface area (Å²) in [5, 5.41) is 14.8. The number of aromatic nitrogens is 1. The van der Waals surface area contributed by atoms with E-state index in [1.807, 2.05) is 5.38 Å². The average Bonchev–Trinajstić information content (AvgIpc) is 2.89. The lowest BCUT2D eigenvalue weighted by Gasteiger charge is -2.31. The zero-order valence-electron chi connectivity index (χ0n) is 9.63. The molecule has 17 heavy (non-hydrogen) atoms. The lowest BCUT2D eigenvalue weighted by Crippen LogP contribution is -2.45. The van der Waals surface area contributed by atoms with Crippen LogP contribution in [0.25, 0.3) is 0 Å². The van der Waals surface area contributed by atoms with Crippen LogP contribution in [0, 0.1) is 5.92 Å². The predicted octanol–water partition coefficient (Wildman–Crippen LogP) is 1.06. The maximum Gasteiger partial charge on any atom is 0.317 e. The molecule has 0 spiro atoms. The topological polar surface area (TPSA) is 65.5 Å². The summed E-state index contributed by atoms with van der Waals surface area (Å²) < 4.78 is 0. The van der Waals surface area contributed by atoms with Crippen LogP contribution in [0.5, 0.6) is 0 Å². The SMILES string of the molecule is O=C(NCc1nccs1)N1CCCC(CO)C1. The number of thiazole rings is 1. The van der Waals surface area contributed by atoms with Gasteiger partial charge in [0.15, 0.2) is 0 Å². The third-order valence-electron chi connectivity index (χ3n) is 2.94. The highest BCUT2D eigenvalue weighted by Crippen LogP contribution is 2.15. The van der Waals surface area contributed by atoms with E-state index in [4.69, 9.17) is 5.11 Å². The van der Waals surface area contributed by atoms with Crippen molar-refractivity contribution in [1.82, 2.24) is 15.2 Å². The Hall–Kier alpha value is -1.14. The van der Waals surface area contributed by atoms with Crippen molar-refractivity contribution in [1.29, 1.82) is 0 Å². The monoisotopic (exact) mass is 255 g/mol. The van der Waals surface area contributed by atoms with Gasteiger partial charge in [0, 0.05) is 31.3 Å². The van der Waals surface area contributed by atoms with E-state index < -0.39 is 0 Å². The maximum atomic E-state index is 11.9. The van der Waals surface area contributed by atoms with Crippen molar-refractivity contribution in [3.8, 4) is 0 Å². The smallest absolute Gasteiger partial charge is 0.317 e. The Kier molecular flexibility index (Phi) is 4.33. The van der Waals surface area contributed by atoms with Gasteiger partial charge < -0.3 is 15.3 Å². The molecule has 1 fully saturated rings. The van der Waals surface area contributed by atoms with Gasteiger partial charge >= 0.3 is 6.03 Å². The minimum atomic E-state index is -0.0571.